The third kappa shape index (κ3) is 3.87. The minimum atomic E-state index is -0.369. The van der Waals surface area contributed by atoms with Crippen molar-refractivity contribution in [3.05, 3.63) is 65.7 Å². The van der Waals surface area contributed by atoms with Crippen molar-refractivity contribution in [2.24, 2.45) is 0 Å². The average molecular weight is 338 g/mol. The summed E-state index contributed by atoms with van der Waals surface area (Å²) in [5.74, 6) is 0. The molecule has 2 aliphatic rings. The molecule has 1 N–H and O–H groups in total. The lowest BCUT2D eigenvalue weighted by Gasteiger charge is -2.40. The van der Waals surface area contributed by atoms with Gasteiger partial charge in [0.05, 0.1) is 25.4 Å². The molecular weight excluding hydrogens is 312 g/mol. The number of nitrogens with zero attached hydrogens (tertiary/aromatic N) is 2. The standard InChI is InChI=1S/C21H26N2O2/c24-21(13-22-11-10-17-6-4-5-7-18(17)12-22)14-23(20-15-25-16-20)19-8-2-1-3-9-19/h1-9,20-21,24H,10-16H2. The van der Waals surface area contributed by atoms with E-state index in [1.54, 1.807) is 0 Å². The van der Waals surface area contributed by atoms with E-state index in [2.05, 4.69) is 58.3 Å². The number of hydrogen-bond donors (Lipinski definition) is 1. The second-order valence-electron chi connectivity index (χ2n) is 7.09. The summed E-state index contributed by atoms with van der Waals surface area (Å²) in [7, 11) is 0. The minimum absolute atomic E-state index is 0.369. The fourth-order valence-electron chi connectivity index (χ4n) is 3.78. The van der Waals surface area contributed by atoms with Crippen LogP contribution in [0.2, 0.25) is 0 Å². The number of rotatable bonds is 6. The molecule has 0 saturated carbocycles. The smallest absolute Gasteiger partial charge is 0.0841 e. The molecular formula is C21H26N2O2. The maximum atomic E-state index is 10.7. The Morgan fingerprint density at radius 3 is 2.48 bits per heavy atom. The predicted molar refractivity (Wildman–Crippen MR) is 99.8 cm³/mol. The predicted octanol–water partition coefficient (Wildman–Crippen LogP) is 2.31. The molecule has 0 aliphatic carbocycles. The van der Waals surface area contributed by atoms with E-state index in [0.29, 0.717) is 19.1 Å². The average Bonchev–Trinajstić information content (AvgIpc) is 2.60. The molecule has 1 unspecified atom stereocenters. The molecule has 2 heterocycles. The molecule has 1 atom stereocenters. The van der Waals surface area contributed by atoms with E-state index in [0.717, 1.165) is 32.7 Å². The molecule has 4 rings (SSSR count). The van der Waals surface area contributed by atoms with Gasteiger partial charge in [0.1, 0.15) is 0 Å². The van der Waals surface area contributed by atoms with Gasteiger partial charge in [0.2, 0.25) is 0 Å². The summed E-state index contributed by atoms with van der Waals surface area (Å²) in [6.45, 7) is 4.82. The summed E-state index contributed by atoms with van der Waals surface area (Å²) in [4.78, 5) is 4.67. The number of aliphatic hydroxyl groups is 1. The first-order chi connectivity index (χ1) is 12.3. The van der Waals surface area contributed by atoms with Gasteiger partial charge in [-0.25, -0.2) is 0 Å². The molecule has 0 spiro atoms. The number of β-amino-alcohol motifs (C(OH)–C–C–N with tert-alkyl or cyclic N) is 1. The molecule has 1 saturated heterocycles. The molecule has 132 valence electrons. The monoisotopic (exact) mass is 338 g/mol. The van der Waals surface area contributed by atoms with Crippen LogP contribution >= 0.6 is 0 Å². The van der Waals surface area contributed by atoms with Crippen molar-refractivity contribution in [2.75, 3.05) is 37.7 Å². The topological polar surface area (TPSA) is 35.9 Å². The van der Waals surface area contributed by atoms with Crippen LogP contribution < -0.4 is 4.90 Å². The van der Waals surface area contributed by atoms with Gasteiger partial charge in [-0.3, -0.25) is 4.90 Å². The molecule has 0 radical (unpaired) electrons. The zero-order valence-corrected chi connectivity index (χ0v) is 14.6. The SMILES string of the molecule is OC(CN1CCc2ccccc2C1)CN(c1ccccc1)C1COC1. The molecule has 4 heteroatoms. The lowest BCUT2D eigenvalue weighted by Crippen LogP contribution is -2.53. The van der Waals surface area contributed by atoms with Crippen LogP contribution in [0.25, 0.3) is 0 Å². The highest BCUT2D eigenvalue weighted by molar-refractivity contribution is 5.47. The summed E-state index contributed by atoms with van der Waals surface area (Å²) in [6, 6.07) is 19.4. The van der Waals surface area contributed by atoms with E-state index in [4.69, 9.17) is 4.74 Å². The fraction of sp³-hybridized carbons (Fsp3) is 0.429. The highest BCUT2D eigenvalue weighted by Gasteiger charge is 2.28. The number of fused-ring (bicyclic) bond motifs is 1. The van der Waals surface area contributed by atoms with Gasteiger partial charge in [-0.1, -0.05) is 42.5 Å². The zero-order chi connectivity index (χ0) is 17.1. The van der Waals surface area contributed by atoms with Gasteiger partial charge in [0, 0.05) is 31.9 Å². The molecule has 4 nitrogen and oxygen atoms in total. The molecule has 1 fully saturated rings. The zero-order valence-electron chi connectivity index (χ0n) is 14.6. The van der Waals surface area contributed by atoms with E-state index >= 15 is 0 Å². The second kappa shape index (κ2) is 7.56. The molecule has 25 heavy (non-hydrogen) atoms. The van der Waals surface area contributed by atoms with Crippen molar-refractivity contribution in [3.63, 3.8) is 0 Å². The van der Waals surface area contributed by atoms with E-state index < -0.39 is 0 Å². The normalized spacial score (nSPS) is 19.1. The van der Waals surface area contributed by atoms with Crippen LogP contribution in [0, 0.1) is 0 Å². The van der Waals surface area contributed by atoms with E-state index in [1.807, 2.05) is 6.07 Å². The first-order valence-electron chi connectivity index (χ1n) is 9.16. The highest BCUT2D eigenvalue weighted by Crippen LogP contribution is 2.22. The summed E-state index contributed by atoms with van der Waals surface area (Å²) in [6.07, 6.45) is 0.702. The summed E-state index contributed by atoms with van der Waals surface area (Å²) in [5.41, 5.74) is 4.01. The summed E-state index contributed by atoms with van der Waals surface area (Å²) >= 11 is 0. The van der Waals surface area contributed by atoms with Crippen molar-refractivity contribution in [2.45, 2.75) is 25.1 Å². The first kappa shape index (κ1) is 16.6. The van der Waals surface area contributed by atoms with Crippen LogP contribution in [0.5, 0.6) is 0 Å². The van der Waals surface area contributed by atoms with Crippen molar-refractivity contribution >= 4 is 5.69 Å². The van der Waals surface area contributed by atoms with Crippen LogP contribution in [-0.4, -0.2) is 55.0 Å². The maximum Gasteiger partial charge on any atom is 0.0841 e. The Bertz CT molecular complexity index is 687. The van der Waals surface area contributed by atoms with Gasteiger partial charge >= 0.3 is 0 Å². The van der Waals surface area contributed by atoms with Gasteiger partial charge in [-0.15, -0.1) is 0 Å². The lowest BCUT2D eigenvalue weighted by molar-refractivity contribution is 0.00312. The number of para-hydroxylation sites is 1. The van der Waals surface area contributed by atoms with Crippen molar-refractivity contribution < 1.29 is 9.84 Å². The van der Waals surface area contributed by atoms with Crippen molar-refractivity contribution in [1.82, 2.24) is 4.90 Å². The Hall–Kier alpha value is -1.88. The summed E-state index contributed by atoms with van der Waals surface area (Å²) in [5, 5.41) is 10.7. The third-order valence-corrected chi connectivity index (χ3v) is 5.24. The van der Waals surface area contributed by atoms with E-state index in [-0.39, 0.29) is 6.10 Å². The van der Waals surface area contributed by atoms with Gasteiger partial charge in [0.25, 0.3) is 0 Å². The fourth-order valence-corrected chi connectivity index (χ4v) is 3.78. The molecule has 0 bridgehead atoms. The number of benzene rings is 2. The van der Waals surface area contributed by atoms with Crippen molar-refractivity contribution in [3.8, 4) is 0 Å². The number of hydrogen-bond acceptors (Lipinski definition) is 4. The molecule has 2 aromatic rings. The Morgan fingerprint density at radius 2 is 1.76 bits per heavy atom. The highest BCUT2D eigenvalue weighted by atomic mass is 16.5. The molecule has 2 aliphatic heterocycles. The minimum Gasteiger partial charge on any atom is -0.390 e. The van der Waals surface area contributed by atoms with Crippen LogP contribution in [0.4, 0.5) is 5.69 Å². The number of aliphatic hydroxyl groups excluding tert-OH is 1. The van der Waals surface area contributed by atoms with Gasteiger partial charge in [-0.2, -0.15) is 0 Å². The first-order valence-corrected chi connectivity index (χ1v) is 9.16. The van der Waals surface area contributed by atoms with Gasteiger partial charge < -0.3 is 14.7 Å². The summed E-state index contributed by atoms with van der Waals surface area (Å²) < 4.78 is 5.37. The third-order valence-electron chi connectivity index (χ3n) is 5.24. The van der Waals surface area contributed by atoms with Crippen LogP contribution in [0.3, 0.4) is 0 Å². The Labute approximate surface area is 149 Å². The molecule has 0 aromatic heterocycles. The molecule has 2 aromatic carbocycles. The van der Waals surface area contributed by atoms with Gasteiger partial charge in [-0.05, 0) is 29.7 Å². The Kier molecular flexibility index (Phi) is 5.02. The van der Waals surface area contributed by atoms with Crippen LogP contribution in [0.15, 0.2) is 54.6 Å². The second-order valence-corrected chi connectivity index (χ2v) is 7.09. The quantitative estimate of drug-likeness (QED) is 0.877. The van der Waals surface area contributed by atoms with Crippen molar-refractivity contribution in [1.29, 1.82) is 0 Å². The number of ether oxygens (including phenoxy) is 1. The lowest BCUT2D eigenvalue weighted by atomic mass is 9.99. The van der Waals surface area contributed by atoms with Gasteiger partial charge in [0.15, 0.2) is 0 Å². The largest absolute Gasteiger partial charge is 0.390 e. The molecule has 0 amide bonds. The van der Waals surface area contributed by atoms with Crippen LogP contribution in [-0.2, 0) is 17.7 Å². The number of anilines is 1. The Balaban J connectivity index is 1.38. The maximum absolute atomic E-state index is 10.7. The Morgan fingerprint density at radius 1 is 1.04 bits per heavy atom. The van der Waals surface area contributed by atoms with Crippen LogP contribution in [0.1, 0.15) is 11.1 Å². The van der Waals surface area contributed by atoms with E-state index in [9.17, 15) is 5.11 Å². The van der Waals surface area contributed by atoms with E-state index in [1.165, 1.54) is 16.8 Å².